The molecule has 5 rings (SSSR count). The van der Waals surface area contributed by atoms with E-state index < -0.39 is 31.8 Å². The van der Waals surface area contributed by atoms with Gasteiger partial charge in [0.15, 0.2) is 0 Å². The van der Waals surface area contributed by atoms with E-state index in [0.29, 0.717) is 69.4 Å². The van der Waals surface area contributed by atoms with E-state index in [1.165, 1.54) is 29.7 Å². The molecule has 244 valence electrons. The van der Waals surface area contributed by atoms with Crippen molar-refractivity contribution < 1.29 is 40.9 Å². The van der Waals surface area contributed by atoms with Crippen molar-refractivity contribution in [2.45, 2.75) is 46.8 Å². The van der Waals surface area contributed by atoms with Gasteiger partial charge < -0.3 is 34.3 Å². The van der Waals surface area contributed by atoms with Gasteiger partial charge in [0, 0.05) is 52.4 Å². The second-order valence-corrected chi connectivity index (χ2v) is 15.0. The van der Waals surface area contributed by atoms with Crippen molar-refractivity contribution in [3.8, 4) is 11.6 Å². The Morgan fingerprint density at radius 1 is 1.16 bits per heavy atom. The summed E-state index contributed by atoms with van der Waals surface area (Å²) >= 11 is 0. The molecule has 2 saturated heterocycles. The third kappa shape index (κ3) is 7.62. The molecule has 3 aliphatic rings. The van der Waals surface area contributed by atoms with Gasteiger partial charge in [-0.2, -0.15) is 4.31 Å². The van der Waals surface area contributed by atoms with Gasteiger partial charge in [0.25, 0.3) is 0 Å². The van der Waals surface area contributed by atoms with Crippen LogP contribution >= 0.6 is 0 Å². The third-order valence-corrected chi connectivity index (χ3v) is 11.5. The number of nitrogens with one attached hydrogen (secondary N) is 2. The fourth-order valence-corrected chi connectivity index (χ4v) is 8.06. The number of aliphatic hydroxyl groups is 1. The highest BCUT2D eigenvalue weighted by atomic mass is 32.2. The fourth-order valence-electron chi connectivity index (χ4n) is 5.60. The first-order chi connectivity index (χ1) is 21.0. The first-order valence-electron chi connectivity index (χ1n) is 14.6. The van der Waals surface area contributed by atoms with Crippen LogP contribution in [0.2, 0.25) is 0 Å². The lowest BCUT2D eigenvalue weighted by Crippen LogP contribution is -2.47. The van der Waals surface area contributed by atoms with E-state index in [9.17, 15) is 21.9 Å². The number of ether oxygens (including phenoxy) is 4. The summed E-state index contributed by atoms with van der Waals surface area (Å²) in [6, 6.07) is 7.71. The maximum atomic E-state index is 13.4. The van der Waals surface area contributed by atoms with Gasteiger partial charge in [0.2, 0.25) is 25.9 Å². The molecule has 0 aliphatic carbocycles. The number of aromatic nitrogens is 1. The molecule has 1 unspecified atom stereocenters. The third-order valence-electron chi connectivity index (χ3n) is 8.16. The van der Waals surface area contributed by atoms with Crippen LogP contribution in [0.25, 0.3) is 0 Å². The Morgan fingerprint density at radius 3 is 2.73 bits per heavy atom. The summed E-state index contributed by atoms with van der Waals surface area (Å²) in [5.74, 6) is 0.770. The van der Waals surface area contributed by atoms with Crippen LogP contribution in [0.15, 0.2) is 46.3 Å². The lowest BCUT2D eigenvalue weighted by atomic mass is 9.88. The molecule has 16 heteroatoms. The molecular formula is C28H41N5O9S2. The number of pyridine rings is 1. The molecule has 1 aromatic carbocycles. The minimum Gasteiger partial charge on any atom is -0.491 e. The monoisotopic (exact) mass is 655 g/mol. The summed E-state index contributed by atoms with van der Waals surface area (Å²) in [5, 5.41) is 13.8. The Morgan fingerprint density at radius 2 is 1.95 bits per heavy atom. The maximum absolute atomic E-state index is 13.4. The number of hydrogen-bond donors (Lipinski definition) is 3. The van der Waals surface area contributed by atoms with Gasteiger partial charge in [-0.3, -0.25) is 0 Å². The van der Waals surface area contributed by atoms with Crippen LogP contribution in [0.4, 0.5) is 5.69 Å². The van der Waals surface area contributed by atoms with Crippen molar-refractivity contribution in [1.82, 2.24) is 19.3 Å². The molecule has 2 atom stereocenters. The number of nitrogens with zero attached hydrogens (tertiary/aromatic N) is 3. The lowest BCUT2D eigenvalue weighted by molar-refractivity contribution is -0.0312. The van der Waals surface area contributed by atoms with Crippen molar-refractivity contribution in [2.75, 3.05) is 78.2 Å². The Labute approximate surface area is 258 Å². The second kappa shape index (κ2) is 13.8. The molecule has 4 heterocycles. The van der Waals surface area contributed by atoms with E-state index in [0.717, 1.165) is 0 Å². The average Bonchev–Trinajstić information content (AvgIpc) is 3.41. The van der Waals surface area contributed by atoms with E-state index >= 15 is 0 Å². The van der Waals surface area contributed by atoms with Crippen LogP contribution < -0.4 is 24.4 Å². The number of aliphatic hydroxyl groups excluding tert-OH is 1. The predicted octanol–water partition coefficient (Wildman–Crippen LogP) is 0.177. The topological polar surface area (TPSA) is 169 Å². The molecule has 0 saturated carbocycles. The highest BCUT2D eigenvalue weighted by molar-refractivity contribution is 7.89. The molecule has 2 aromatic rings. The summed E-state index contributed by atoms with van der Waals surface area (Å²) in [4.78, 5) is 6.39. The van der Waals surface area contributed by atoms with Crippen LogP contribution in [0, 0.1) is 0 Å². The van der Waals surface area contributed by atoms with Gasteiger partial charge in [-0.25, -0.2) is 26.5 Å². The number of piperidine rings is 1. The summed E-state index contributed by atoms with van der Waals surface area (Å²) < 4.78 is 77.9. The normalized spacial score (nSPS) is 21.2. The summed E-state index contributed by atoms with van der Waals surface area (Å²) in [6.45, 7) is 2.94. The lowest BCUT2D eigenvalue weighted by Gasteiger charge is -2.38. The Kier molecular flexibility index (Phi) is 10.3. The zero-order valence-electron chi connectivity index (χ0n) is 25.0. The number of sulfonamides is 2. The van der Waals surface area contributed by atoms with E-state index in [1.54, 1.807) is 18.2 Å². The Bertz CT molecular complexity index is 1500. The molecule has 0 bridgehead atoms. The zero-order chi connectivity index (χ0) is 31.4. The Balaban J connectivity index is 1.07. The van der Waals surface area contributed by atoms with Crippen LogP contribution in [0.3, 0.4) is 0 Å². The standard InChI is InChI=1S/C28H41N5O9S2/c1-32-11-13-40-27-26(32)15-25(18-30-27)44(37,38)33-9-6-28(7-10-33)16-21(19-42-28)29-17-22(34)20-41-23-4-3-5-24(14-23)43(35,36)31-8-12-39-2/h3-5,14-15,18,21-22,29,31,34H,6-13,16-17,19-20H2,1-2H3/t21-,22?/m1/s1. The number of rotatable bonds is 13. The van der Waals surface area contributed by atoms with Crippen molar-refractivity contribution in [1.29, 1.82) is 0 Å². The number of methoxy groups -OCH3 is 1. The summed E-state index contributed by atoms with van der Waals surface area (Å²) in [6.07, 6.45) is 2.35. The molecule has 2 fully saturated rings. The van der Waals surface area contributed by atoms with Crippen LogP contribution in [0.1, 0.15) is 19.3 Å². The number of benzene rings is 1. The molecule has 44 heavy (non-hydrogen) atoms. The predicted molar refractivity (Wildman–Crippen MR) is 161 cm³/mol. The molecular weight excluding hydrogens is 614 g/mol. The first-order valence-corrected chi connectivity index (χ1v) is 17.5. The van der Waals surface area contributed by atoms with Gasteiger partial charge >= 0.3 is 0 Å². The van der Waals surface area contributed by atoms with Crippen molar-refractivity contribution >= 4 is 25.7 Å². The van der Waals surface area contributed by atoms with Crippen LogP contribution in [0.5, 0.6) is 11.6 Å². The van der Waals surface area contributed by atoms with Crippen molar-refractivity contribution in [2.24, 2.45) is 0 Å². The zero-order valence-corrected chi connectivity index (χ0v) is 26.6. The minimum absolute atomic E-state index is 0.000152. The molecule has 1 spiro atoms. The molecule has 0 amide bonds. The summed E-state index contributed by atoms with van der Waals surface area (Å²) in [5.41, 5.74) is 0.246. The van der Waals surface area contributed by atoms with Crippen LogP contribution in [-0.4, -0.2) is 122 Å². The van der Waals surface area contributed by atoms with Gasteiger partial charge in [-0.15, -0.1) is 0 Å². The fraction of sp³-hybridized carbons (Fsp3) is 0.607. The van der Waals surface area contributed by atoms with E-state index in [-0.39, 0.29) is 42.1 Å². The second-order valence-electron chi connectivity index (χ2n) is 11.3. The quantitative estimate of drug-likeness (QED) is 0.251. The molecule has 14 nitrogen and oxygen atoms in total. The number of hydrogen-bond acceptors (Lipinski definition) is 12. The highest BCUT2D eigenvalue weighted by Gasteiger charge is 2.45. The molecule has 3 aliphatic heterocycles. The number of fused-ring (bicyclic) bond motifs is 1. The average molecular weight is 656 g/mol. The molecule has 1 aromatic heterocycles. The van der Waals surface area contributed by atoms with Crippen LogP contribution in [-0.2, 0) is 29.5 Å². The van der Waals surface area contributed by atoms with E-state index in [2.05, 4.69) is 15.0 Å². The van der Waals surface area contributed by atoms with E-state index in [1.807, 2.05) is 11.9 Å². The number of anilines is 1. The van der Waals surface area contributed by atoms with Gasteiger partial charge in [-0.1, -0.05) is 6.07 Å². The highest BCUT2D eigenvalue weighted by Crippen LogP contribution is 2.38. The molecule has 0 radical (unpaired) electrons. The summed E-state index contributed by atoms with van der Waals surface area (Å²) in [7, 11) is -4.05. The van der Waals surface area contributed by atoms with Gasteiger partial charge in [0.05, 0.1) is 36.5 Å². The minimum atomic E-state index is -3.72. The Hall–Kier alpha value is -2.57. The van der Waals surface area contributed by atoms with Crippen molar-refractivity contribution in [3.05, 3.63) is 36.5 Å². The molecule has 3 N–H and O–H groups in total. The van der Waals surface area contributed by atoms with Crippen molar-refractivity contribution in [3.63, 3.8) is 0 Å². The first kappa shape index (κ1) is 32.8. The van der Waals surface area contributed by atoms with Gasteiger partial charge in [-0.05, 0) is 37.5 Å². The SMILES string of the molecule is COCCNS(=O)(=O)c1cccc(OCC(O)CN[C@H]2COC3(CCN(S(=O)(=O)c4cnc5c(c4)N(C)CCO5)CC3)C2)c1. The maximum Gasteiger partial charge on any atom is 0.244 e. The van der Waals surface area contributed by atoms with E-state index in [4.69, 9.17) is 18.9 Å². The largest absolute Gasteiger partial charge is 0.491 e. The van der Waals surface area contributed by atoms with Gasteiger partial charge in [0.1, 0.15) is 35.7 Å². The number of likely N-dealkylation sites (N-methyl/N-ethyl adjacent to an activating group) is 1. The smallest absolute Gasteiger partial charge is 0.244 e.